The number of carbonyl (C=O) groups excluding carboxylic acids is 1. The van der Waals surface area contributed by atoms with Crippen molar-refractivity contribution in [2.75, 3.05) is 13.1 Å². The molecule has 1 fully saturated rings. The molecular formula is C19H21NO3. The van der Waals surface area contributed by atoms with E-state index in [1.807, 2.05) is 42.5 Å². The Hall–Kier alpha value is -2.33. The van der Waals surface area contributed by atoms with Crippen LogP contribution in [0.5, 0.6) is 5.75 Å². The fraction of sp³-hybridized carbons (Fsp3) is 0.316. The fourth-order valence-corrected chi connectivity index (χ4v) is 3.06. The number of hydrogen-bond donors (Lipinski definition) is 2. The summed E-state index contributed by atoms with van der Waals surface area (Å²) in [5.41, 5.74) is 0.956. The molecule has 1 unspecified atom stereocenters. The molecule has 120 valence electrons. The third-order valence-electron chi connectivity index (χ3n) is 4.48. The van der Waals surface area contributed by atoms with E-state index in [4.69, 9.17) is 0 Å². The van der Waals surface area contributed by atoms with E-state index in [1.165, 1.54) is 0 Å². The average molecular weight is 311 g/mol. The highest BCUT2D eigenvalue weighted by Gasteiger charge is 2.39. The van der Waals surface area contributed by atoms with Gasteiger partial charge >= 0.3 is 0 Å². The maximum Gasteiger partial charge on any atom is 0.223 e. The molecule has 0 saturated carbocycles. The molecule has 1 saturated heterocycles. The molecule has 23 heavy (non-hydrogen) atoms. The average Bonchev–Trinajstić information content (AvgIpc) is 2.99. The normalized spacial score (nSPS) is 20.7. The Kier molecular flexibility index (Phi) is 4.35. The molecule has 0 spiro atoms. The summed E-state index contributed by atoms with van der Waals surface area (Å²) in [4.78, 5) is 14.1. The molecule has 2 N–H and O–H groups in total. The highest BCUT2D eigenvalue weighted by molar-refractivity contribution is 5.77. The van der Waals surface area contributed by atoms with Gasteiger partial charge < -0.3 is 15.1 Å². The molecule has 2 aromatic rings. The molecule has 3 rings (SSSR count). The van der Waals surface area contributed by atoms with Gasteiger partial charge in [-0.25, -0.2) is 0 Å². The third kappa shape index (κ3) is 3.54. The summed E-state index contributed by atoms with van der Waals surface area (Å²) in [6.07, 6.45) is 1.62. The van der Waals surface area contributed by atoms with Gasteiger partial charge in [0.15, 0.2) is 0 Å². The predicted molar refractivity (Wildman–Crippen MR) is 88.0 cm³/mol. The Balaban J connectivity index is 1.58. The van der Waals surface area contributed by atoms with Crippen molar-refractivity contribution >= 4 is 5.91 Å². The van der Waals surface area contributed by atoms with Crippen molar-refractivity contribution in [2.24, 2.45) is 0 Å². The number of phenolic OH excluding ortho intramolecular Hbond substituents is 1. The van der Waals surface area contributed by atoms with Gasteiger partial charge in [-0.1, -0.05) is 42.5 Å². The Labute approximate surface area is 136 Å². The number of rotatable bonds is 4. The zero-order valence-corrected chi connectivity index (χ0v) is 13.0. The molecule has 0 bridgehead atoms. The van der Waals surface area contributed by atoms with Crippen LogP contribution in [0.15, 0.2) is 54.6 Å². The van der Waals surface area contributed by atoms with E-state index in [2.05, 4.69) is 0 Å². The Morgan fingerprint density at radius 3 is 2.48 bits per heavy atom. The summed E-state index contributed by atoms with van der Waals surface area (Å²) in [6, 6.07) is 16.5. The summed E-state index contributed by atoms with van der Waals surface area (Å²) in [5, 5.41) is 20.0. The van der Waals surface area contributed by atoms with Crippen LogP contribution in [0, 0.1) is 0 Å². The largest absolute Gasteiger partial charge is 0.508 e. The van der Waals surface area contributed by atoms with Crippen LogP contribution in [-0.2, 0) is 16.8 Å². The van der Waals surface area contributed by atoms with Crippen molar-refractivity contribution in [3.8, 4) is 5.75 Å². The number of hydrogen-bond acceptors (Lipinski definition) is 3. The quantitative estimate of drug-likeness (QED) is 0.912. The van der Waals surface area contributed by atoms with E-state index in [-0.39, 0.29) is 11.7 Å². The maximum absolute atomic E-state index is 12.4. The van der Waals surface area contributed by atoms with E-state index < -0.39 is 5.60 Å². The Bertz CT molecular complexity index is 669. The van der Waals surface area contributed by atoms with Crippen LogP contribution in [0.2, 0.25) is 0 Å². The predicted octanol–water partition coefficient (Wildman–Crippen LogP) is 2.44. The Morgan fingerprint density at radius 2 is 1.78 bits per heavy atom. The van der Waals surface area contributed by atoms with Crippen molar-refractivity contribution in [3.63, 3.8) is 0 Å². The molecule has 1 heterocycles. The number of carbonyl (C=O) groups is 1. The molecule has 4 nitrogen and oxygen atoms in total. The van der Waals surface area contributed by atoms with Gasteiger partial charge in [-0.05, 0) is 36.1 Å². The molecule has 0 aliphatic carbocycles. The highest BCUT2D eigenvalue weighted by Crippen LogP contribution is 2.32. The van der Waals surface area contributed by atoms with Crippen molar-refractivity contribution in [3.05, 3.63) is 65.7 Å². The molecular weight excluding hydrogens is 290 g/mol. The van der Waals surface area contributed by atoms with Crippen LogP contribution < -0.4 is 0 Å². The summed E-state index contributed by atoms with van der Waals surface area (Å²) >= 11 is 0. The lowest BCUT2D eigenvalue weighted by Crippen LogP contribution is -2.34. The van der Waals surface area contributed by atoms with E-state index in [0.717, 1.165) is 11.1 Å². The summed E-state index contributed by atoms with van der Waals surface area (Å²) in [5.74, 6) is 0.289. The van der Waals surface area contributed by atoms with Crippen LogP contribution >= 0.6 is 0 Å². The van der Waals surface area contributed by atoms with Crippen molar-refractivity contribution in [1.82, 2.24) is 4.90 Å². The van der Waals surface area contributed by atoms with E-state index in [0.29, 0.717) is 32.4 Å². The molecule has 2 aromatic carbocycles. The zero-order valence-electron chi connectivity index (χ0n) is 13.0. The van der Waals surface area contributed by atoms with Crippen LogP contribution in [0.25, 0.3) is 0 Å². The summed E-state index contributed by atoms with van der Waals surface area (Å²) in [7, 11) is 0. The van der Waals surface area contributed by atoms with Gasteiger partial charge in [-0.2, -0.15) is 0 Å². The molecule has 1 atom stereocenters. The van der Waals surface area contributed by atoms with E-state index >= 15 is 0 Å². The number of phenols is 1. The van der Waals surface area contributed by atoms with Gasteiger partial charge in [0.05, 0.1) is 6.54 Å². The number of amides is 1. The third-order valence-corrected chi connectivity index (χ3v) is 4.48. The zero-order chi connectivity index (χ0) is 16.3. The first-order chi connectivity index (χ1) is 11.1. The lowest BCUT2D eigenvalue weighted by Gasteiger charge is -2.24. The standard InChI is InChI=1S/C19H21NO3/c21-17-9-6-15(7-10-17)8-11-18(22)20-13-12-19(23,14-20)16-4-2-1-3-5-16/h1-7,9-10,21,23H,8,11-14H2. The number of aryl methyl sites for hydroxylation is 1. The number of aliphatic hydroxyl groups is 1. The monoisotopic (exact) mass is 311 g/mol. The second kappa shape index (κ2) is 6.42. The first-order valence-corrected chi connectivity index (χ1v) is 7.90. The first-order valence-electron chi connectivity index (χ1n) is 7.90. The van der Waals surface area contributed by atoms with Crippen molar-refractivity contribution in [2.45, 2.75) is 24.9 Å². The van der Waals surface area contributed by atoms with Crippen LogP contribution in [-0.4, -0.2) is 34.1 Å². The highest BCUT2D eigenvalue weighted by atomic mass is 16.3. The van der Waals surface area contributed by atoms with Crippen LogP contribution in [0.1, 0.15) is 24.0 Å². The molecule has 0 aromatic heterocycles. The minimum absolute atomic E-state index is 0.0601. The van der Waals surface area contributed by atoms with Crippen molar-refractivity contribution < 1.29 is 15.0 Å². The number of benzene rings is 2. The van der Waals surface area contributed by atoms with Crippen LogP contribution in [0.3, 0.4) is 0 Å². The smallest absolute Gasteiger partial charge is 0.223 e. The molecule has 4 heteroatoms. The van der Waals surface area contributed by atoms with E-state index in [1.54, 1.807) is 17.0 Å². The van der Waals surface area contributed by atoms with Gasteiger partial charge in [0.1, 0.15) is 11.4 Å². The number of β-amino-alcohol motifs (C(OH)–C–C–N with tert-alkyl or cyclic N) is 1. The molecule has 0 radical (unpaired) electrons. The lowest BCUT2D eigenvalue weighted by atomic mass is 9.93. The topological polar surface area (TPSA) is 60.8 Å². The number of aromatic hydroxyl groups is 1. The van der Waals surface area contributed by atoms with Gasteiger partial charge in [0, 0.05) is 13.0 Å². The first kappa shape index (κ1) is 15.6. The summed E-state index contributed by atoms with van der Waals surface area (Å²) < 4.78 is 0. The van der Waals surface area contributed by atoms with Gasteiger partial charge in [-0.3, -0.25) is 4.79 Å². The molecule has 1 aliphatic heterocycles. The fourth-order valence-electron chi connectivity index (χ4n) is 3.06. The Morgan fingerprint density at radius 1 is 1.09 bits per heavy atom. The number of nitrogens with zero attached hydrogens (tertiary/aromatic N) is 1. The van der Waals surface area contributed by atoms with Gasteiger partial charge in [-0.15, -0.1) is 0 Å². The minimum atomic E-state index is -0.935. The SMILES string of the molecule is O=C(CCc1ccc(O)cc1)N1CCC(O)(c2ccccc2)C1. The minimum Gasteiger partial charge on any atom is -0.508 e. The van der Waals surface area contributed by atoms with Gasteiger partial charge in [0.25, 0.3) is 0 Å². The molecule has 1 amide bonds. The lowest BCUT2D eigenvalue weighted by molar-refractivity contribution is -0.131. The van der Waals surface area contributed by atoms with E-state index in [9.17, 15) is 15.0 Å². The second-order valence-electron chi connectivity index (χ2n) is 6.13. The van der Waals surface area contributed by atoms with Crippen LogP contribution in [0.4, 0.5) is 0 Å². The van der Waals surface area contributed by atoms with Crippen molar-refractivity contribution in [1.29, 1.82) is 0 Å². The van der Waals surface area contributed by atoms with Gasteiger partial charge in [0.2, 0.25) is 5.91 Å². The summed E-state index contributed by atoms with van der Waals surface area (Å²) in [6.45, 7) is 0.936. The maximum atomic E-state index is 12.4. The second-order valence-corrected chi connectivity index (χ2v) is 6.13. The number of likely N-dealkylation sites (tertiary alicyclic amines) is 1. The molecule has 1 aliphatic rings.